The Morgan fingerprint density at radius 1 is 0.917 bits per heavy atom. The predicted octanol–water partition coefficient (Wildman–Crippen LogP) is 2.74. The molecule has 1 aromatic carbocycles. The molecule has 0 aromatic heterocycles. The molecule has 12 heavy (non-hydrogen) atoms. The molecule has 0 aliphatic carbocycles. The van der Waals surface area contributed by atoms with Crippen LogP contribution in [0.15, 0.2) is 12.1 Å². The molecule has 0 radical (unpaired) electrons. The molecule has 1 aromatic rings. The molecule has 2 nitrogen and oxygen atoms in total. The third-order valence-electron chi connectivity index (χ3n) is 1.32. The van der Waals surface area contributed by atoms with Crippen LogP contribution in [0.2, 0.25) is 10.0 Å². The summed E-state index contributed by atoms with van der Waals surface area (Å²) < 4.78 is 0. The van der Waals surface area contributed by atoms with Gasteiger partial charge in [-0.1, -0.05) is 23.2 Å². The van der Waals surface area contributed by atoms with Crippen LogP contribution in [0.5, 0.6) is 0 Å². The van der Waals surface area contributed by atoms with E-state index in [-0.39, 0.29) is 21.2 Å². The number of hydrogen-bond donors (Lipinski definition) is 0. The van der Waals surface area contributed by atoms with Crippen molar-refractivity contribution >= 4 is 23.2 Å². The minimum absolute atomic E-state index is 0.137. The van der Waals surface area contributed by atoms with Crippen molar-refractivity contribution in [1.29, 1.82) is 10.5 Å². The Balaban J connectivity index is 3.45. The summed E-state index contributed by atoms with van der Waals surface area (Å²) in [7, 11) is 0. The first-order chi connectivity index (χ1) is 5.70. The Bertz CT molecular complexity index is 360. The number of nitrogens with zero attached hydrogens (tertiary/aromatic N) is 2. The first-order valence-corrected chi connectivity index (χ1v) is 3.74. The second-order valence-electron chi connectivity index (χ2n) is 2.01. The van der Waals surface area contributed by atoms with Crippen LogP contribution in [0, 0.1) is 22.7 Å². The molecule has 0 saturated heterocycles. The van der Waals surface area contributed by atoms with Crippen molar-refractivity contribution < 1.29 is 0 Å². The Labute approximate surface area is 79.6 Å². The summed E-state index contributed by atoms with van der Waals surface area (Å²) in [6.45, 7) is 0. The van der Waals surface area contributed by atoms with Gasteiger partial charge in [-0.05, 0) is 12.1 Å². The molecule has 0 N–H and O–H groups in total. The minimum atomic E-state index is 0.137. The normalized spacial score (nSPS) is 8.67. The molecular formula is C8H2Cl2N2. The molecule has 0 aliphatic rings. The number of nitriles is 2. The lowest BCUT2D eigenvalue weighted by Crippen LogP contribution is -1.82. The SMILES string of the molecule is N#Cc1ccc(C#N)c(Cl)c1Cl. The lowest BCUT2D eigenvalue weighted by Gasteiger charge is -1.98. The van der Waals surface area contributed by atoms with Crippen molar-refractivity contribution in [3.05, 3.63) is 33.3 Å². The van der Waals surface area contributed by atoms with Crippen LogP contribution >= 0.6 is 23.2 Å². The number of halogens is 2. The molecule has 0 heterocycles. The number of hydrogen-bond acceptors (Lipinski definition) is 2. The molecule has 0 atom stereocenters. The van der Waals surface area contributed by atoms with Crippen molar-refractivity contribution in [2.75, 3.05) is 0 Å². The van der Waals surface area contributed by atoms with Gasteiger partial charge in [0.15, 0.2) is 0 Å². The van der Waals surface area contributed by atoms with Gasteiger partial charge in [-0.2, -0.15) is 10.5 Å². The quantitative estimate of drug-likeness (QED) is 0.641. The van der Waals surface area contributed by atoms with Crippen LogP contribution in [-0.2, 0) is 0 Å². The Morgan fingerprint density at radius 3 is 1.50 bits per heavy atom. The summed E-state index contributed by atoms with van der Waals surface area (Å²) >= 11 is 11.3. The Morgan fingerprint density at radius 2 is 1.25 bits per heavy atom. The third kappa shape index (κ3) is 1.36. The lowest BCUT2D eigenvalue weighted by molar-refractivity contribution is 1.45. The van der Waals surface area contributed by atoms with E-state index >= 15 is 0 Å². The summed E-state index contributed by atoms with van der Waals surface area (Å²) in [6.07, 6.45) is 0. The summed E-state index contributed by atoms with van der Waals surface area (Å²) in [4.78, 5) is 0. The zero-order chi connectivity index (χ0) is 9.14. The monoisotopic (exact) mass is 196 g/mol. The molecular weight excluding hydrogens is 195 g/mol. The topological polar surface area (TPSA) is 47.6 Å². The first-order valence-electron chi connectivity index (χ1n) is 2.99. The molecule has 58 valence electrons. The maximum absolute atomic E-state index is 8.53. The zero-order valence-electron chi connectivity index (χ0n) is 5.81. The molecule has 0 aliphatic heterocycles. The highest BCUT2D eigenvalue weighted by atomic mass is 35.5. The second-order valence-corrected chi connectivity index (χ2v) is 2.77. The Hall–Kier alpha value is -1.22. The van der Waals surface area contributed by atoms with Crippen molar-refractivity contribution in [3.63, 3.8) is 0 Å². The Kier molecular flexibility index (Phi) is 2.55. The van der Waals surface area contributed by atoms with Crippen LogP contribution in [0.3, 0.4) is 0 Å². The molecule has 0 fully saturated rings. The van der Waals surface area contributed by atoms with E-state index in [1.165, 1.54) is 12.1 Å². The highest BCUT2D eigenvalue weighted by molar-refractivity contribution is 6.43. The summed E-state index contributed by atoms with van der Waals surface area (Å²) in [5.74, 6) is 0. The van der Waals surface area contributed by atoms with Gasteiger partial charge in [0, 0.05) is 0 Å². The van der Waals surface area contributed by atoms with Gasteiger partial charge in [-0.3, -0.25) is 0 Å². The highest BCUT2D eigenvalue weighted by Crippen LogP contribution is 2.28. The molecule has 0 saturated carbocycles. The zero-order valence-corrected chi connectivity index (χ0v) is 7.32. The van der Waals surface area contributed by atoms with Gasteiger partial charge >= 0.3 is 0 Å². The third-order valence-corrected chi connectivity index (χ3v) is 2.21. The van der Waals surface area contributed by atoms with E-state index in [9.17, 15) is 0 Å². The summed E-state index contributed by atoms with van der Waals surface area (Å²) in [5.41, 5.74) is 0.557. The van der Waals surface area contributed by atoms with Crippen molar-refractivity contribution in [2.45, 2.75) is 0 Å². The summed E-state index contributed by atoms with van der Waals surface area (Å²) in [6, 6.07) is 6.65. The lowest BCUT2D eigenvalue weighted by atomic mass is 10.1. The molecule has 0 unspecified atom stereocenters. The average molecular weight is 197 g/mol. The van der Waals surface area contributed by atoms with E-state index < -0.39 is 0 Å². The maximum atomic E-state index is 8.53. The molecule has 0 spiro atoms. The molecule has 4 heteroatoms. The molecule has 0 bridgehead atoms. The molecule has 0 amide bonds. The fraction of sp³-hybridized carbons (Fsp3) is 0. The van der Waals surface area contributed by atoms with Crippen molar-refractivity contribution in [1.82, 2.24) is 0 Å². The van der Waals surface area contributed by atoms with Gasteiger partial charge in [0.05, 0.1) is 21.2 Å². The number of benzene rings is 1. The van der Waals surface area contributed by atoms with E-state index in [1.807, 2.05) is 12.1 Å². The summed E-state index contributed by atoms with van der Waals surface area (Å²) in [5, 5.41) is 17.3. The van der Waals surface area contributed by atoms with Gasteiger partial charge in [0.2, 0.25) is 0 Å². The van der Waals surface area contributed by atoms with Crippen LogP contribution in [0.4, 0.5) is 0 Å². The van der Waals surface area contributed by atoms with Gasteiger partial charge in [0.1, 0.15) is 12.1 Å². The van der Waals surface area contributed by atoms with Gasteiger partial charge in [-0.25, -0.2) is 0 Å². The highest BCUT2D eigenvalue weighted by Gasteiger charge is 2.08. The maximum Gasteiger partial charge on any atom is 0.101 e. The average Bonchev–Trinajstić information content (AvgIpc) is 2.10. The van der Waals surface area contributed by atoms with E-state index in [2.05, 4.69) is 0 Å². The van der Waals surface area contributed by atoms with Crippen molar-refractivity contribution in [3.8, 4) is 12.1 Å². The van der Waals surface area contributed by atoms with E-state index in [4.69, 9.17) is 33.7 Å². The van der Waals surface area contributed by atoms with Crippen LogP contribution in [-0.4, -0.2) is 0 Å². The molecule has 1 rings (SSSR count). The first kappa shape index (κ1) is 8.87. The standard InChI is InChI=1S/C8H2Cl2N2/c9-7-5(3-11)1-2-6(4-12)8(7)10/h1-2H. The van der Waals surface area contributed by atoms with Gasteiger partial charge < -0.3 is 0 Å². The van der Waals surface area contributed by atoms with Crippen LogP contribution in [0.25, 0.3) is 0 Å². The van der Waals surface area contributed by atoms with Gasteiger partial charge in [-0.15, -0.1) is 0 Å². The smallest absolute Gasteiger partial charge is 0.101 e. The van der Waals surface area contributed by atoms with E-state index in [1.54, 1.807) is 0 Å². The van der Waals surface area contributed by atoms with Gasteiger partial charge in [0.25, 0.3) is 0 Å². The minimum Gasteiger partial charge on any atom is -0.192 e. The number of rotatable bonds is 0. The van der Waals surface area contributed by atoms with E-state index in [0.717, 1.165) is 0 Å². The van der Waals surface area contributed by atoms with Crippen molar-refractivity contribution in [2.24, 2.45) is 0 Å². The predicted molar refractivity (Wildman–Crippen MR) is 45.9 cm³/mol. The van der Waals surface area contributed by atoms with Crippen LogP contribution < -0.4 is 0 Å². The fourth-order valence-electron chi connectivity index (χ4n) is 0.722. The largest absolute Gasteiger partial charge is 0.192 e. The fourth-order valence-corrected chi connectivity index (χ4v) is 1.14. The van der Waals surface area contributed by atoms with E-state index in [0.29, 0.717) is 0 Å². The second kappa shape index (κ2) is 3.45. The van der Waals surface area contributed by atoms with Crippen LogP contribution in [0.1, 0.15) is 11.1 Å².